The molecule has 5 heteroatoms. The molecular formula is C21H26N4O. The van der Waals surface area contributed by atoms with Crippen LogP contribution in [0.5, 0.6) is 0 Å². The molecule has 2 N–H and O–H groups in total. The lowest BCUT2D eigenvalue weighted by Gasteiger charge is -2.33. The van der Waals surface area contributed by atoms with Crippen molar-refractivity contribution in [1.29, 1.82) is 0 Å². The number of fused-ring (bicyclic) bond motifs is 1. The Labute approximate surface area is 154 Å². The van der Waals surface area contributed by atoms with Crippen LogP contribution in [0.4, 0.5) is 0 Å². The van der Waals surface area contributed by atoms with Gasteiger partial charge >= 0.3 is 0 Å². The number of aliphatic hydroxyl groups excluding tert-OH is 1. The molecule has 0 aliphatic carbocycles. The number of aromatic nitrogens is 3. The molecular weight excluding hydrogens is 324 g/mol. The van der Waals surface area contributed by atoms with Crippen LogP contribution in [0.1, 0.15) is 41.6 Å². The first kappa shape index (κ1) is 17.2. The first-order valence-corrected chi connectivity index (χ1v) is 9.38. The van der Waals surface area contributed by atoms with Gasteiger partial charge in [-0.1, -0.05) is 12.1 Å². The summed E-state index contributed by atoms with van der Waals surface area (Å²) >= 11 is 0. The number of nitrogens with zero attached hydrogens (tertiary/aromatic N) is 3. The highest BCUT2D eigenvalue weighted by atomic mass is 16.3. The zero-order valence-corrected chi connectivity index (χ0v) is 15.4. The molecule has 1 saturated heterocycles. The van der Waals surface area contributed by atoms with Gasteiger partial charge in [-0.15, -0.1) is 0 Å². The molecule has 1 aliphatic rings. The number of likely N-dealkylation sites (tertiary alicyclic amines) is 1. The fourth-order valence-electron chi connectivity index (χ4n) is 3.87. The molecule has 1 atom stereocenters. The second kappa shape index (κ2) is 7.17. The molecule has 0 unspecified atom stereocenters. The van der Waals surface area contributed by atoms with Crippen LogP contribution in [0.2, 0.25) is 0 Å². The summed E-state index contributed by atoms with van der Waals surface area (Å²) in [6, 6.07) is 9.99. The Morgan fingerprint density at radius 3 is 2.73 bits per heavy atom. The molecule has 3 aromatic rings. The Kier molecular flexibility index (Phi) is 4.74. The highest BCUT2D eigenvalue weighted by molar-refractivity contribution is 5.79. The SMILES string of the molecule is Cc1ccc2[nH]c(CN3CCC([C@@H](O)c4ccccn4)CC3)nc2c1C. The molecule has 1 aromatic carbocycles. The number of nitrogens with one attached hydrogen (secondary N) is 1. The predicted molar refractivity (Wildman–Crippen MR) is 103 cm³/mol. The predicted octanol–water partition coefficient (Wildman–Crippen LogP) is 3.52. The van der Waals surface area contributed by atoms with E-state index in [1.54, 1.807) is 6.20 Å². The van der Waals surface area contributed by atoms with Crippen LogP contribution in [0.15, 0.2) is 36.5 Å². The first-order chi connectivity index (χ1) is 12.6. The van der Waals surface area contributed by atoms with Crippen LogP contribution in [0, 0.1) is 19.8 Å². The van der Waals surface area contributed by atoms with E-state index in [-0.39, 0.29) is 5.92 Å². The van der Waals surface area contributed by atoms with Gasteiger partial charge in [-0.25, -0.2) is 4.98 Å². The lowest BCUT2D eigenvalue weighted by atomic mass is 9.89. The molecule has 0 radical (unpaired) electrons. The van der Waals surface area contributed by atoms with Crippen molar-refractivity contribution < 1.29 is 5.11 Å². The van der Waals surface area contributed by atoms with Crippen molar-refractivity contribution in [3.05, 3.63) is 59.2 Å². The molecule has 3 heterocycles. The van der Waals surface area contributed by atoms with Gasteiger partial charge in [-0.2, -0.15) is 0 Å². The topological polar surface area (TPSA) is 65.0 Å². The molecule has 1 aliphatic heterocycles. The Bertz CT molecular complexity index is 882. The average Bonchev–Trinajstić information content (AvgIpc) is 3.09. The molecule has 0 saturated carbocycles. The number of H-pyrrole nitrogens is 1. The molecule has 2 aromatic heterocycles. The van der Waals surface area contributed by atoms with Gasteiger partial charge < -0.3 is 10.1 Å². The number of hydrogen-bond donors (Lipinski definition) is 2. The molecule has 136 valence electrons. The second-order valence-corrected chi connectivity index (χ2v) is 7.40. The summed E-state index contributed by atoms with van der Waals surface area (Å²) in [5, 5.41) is 10.6. The molecule has 0 amide bonds. The summed E-state index contributed by atoms with van der Waals surface area (Å²) < 4.78 is 0. The summed E-state index contributed by atoms with van der Waals surface area (Å²) in [6.07, 6.45) is 3.25. The van der Waals surface area contributed by atoms with E-state index in [4.69, 9.17) is 4.98 Å². The molecule has 26 heavy (non-hydrogen) atoms. The Morgan fingerprint density at radius 1 is 1.19 bits per heavy atom. The number of rotatable bonds is 4. The number of piperidine rings is 1. The molecule has 0 spiro atoms. The smallest absolute Gasteiger partial charge is 0.121 e. The highest BCUT2D eigenvalue weighted by Gasteiger charge is 2.27. The van der Waals surface area contributed by atoms with Gasteiger partial charge in [0.2, 0.25) is 0 Å². The van der Waals surface area contributed by atoms with E-state index in [0.717, 1.165) is 55.0 Å². The van der Waals surface area contributed by atoms with Gasteiger partial charge in [-0.05, 0) is 75.0 Å². The van der Waals surface area contributed by atoms with Gasteiger partial charge in [-0.3, -0.25) is 9.88 Å². The van der Waals surface area contributed by atoms with E-state index in [9.17, 15) is 5.11 Å². The zero-order chi connectivity index (χ0) is 18.1. The van der Waals surface area contributed by atoms with E-state index < -0.39 is 6.10 Å². The third-order valence-electron chi connectivity index (χ3n) is 5.67. The average molecular weight is 350 g/mol. The zero-order valence-electron chi connectivity index (χ0n) is 15.4. The van der Waals surface area contributed by atoms with Crippen molar-refractivity contribution in [2.45, 2.75) is 39.3 Å². The summed E-state index contributed by atoms with van der Waals surface area (Å²) in [4.78, 5) is 15.0. The third-order valence-corrected chi connectivity index (χ3v) is 5.67. The fraction of sp³-hybridized carbons (Fsp3) is 0.429. The van der Waals surface area contributed by atoms with Crippen LogP contribution < -0.4 is 0 Å². The van der Waals surface area contributed by atoms with E-state index in [1.807, 2.05) is 18.2 Å². The minimum absolute atomic E-state index is 0.279. The van der Waals surface area contributed by atoms with Gasteiger partial charge in [0.05, 0.1) is 29.4 Å². The van der Waals surface area contributed by atoms with Crippen molar-refractivity contribution in [2.75, 3.05) is 13.1 Å². The highest BCUT2D eigenvalue weighted by Crippen LogP contribution is 2.30. The van der Waals surface area contributed by atoms with E-state index >= 15 is 0 Å². The molecule has 0 bridgehead atoms. The van der Waals surface area contributed by atoms with Crippen LogP contribution in [0.3, 0.4) is 0 Å². The number of benzene rings is 1. The van der Waals surface area contributed by atoms with E-state index in [1.165, 1.54) is 11.1 Å². The monoisotopic (exact) mass is 350 g/mol. The number of pyridine rings is 1. The van der Waals surface area contributed by atoms with Crippen molar-refractivity contribution in [1.82, 2.24) is 19.9 Å². The van der Waals surface area contributed by atoms with Crippen molar-refractivity contribution in [2.24, 2.45) is 5.92 Å². The third kappa shape index (κ3) is 3.37. The lowest BCUT2D eigenvalue weighted by Crippen LogP contribution is -2.35. The van der Waals surface area contributed by atoms with Gasteiger partial charge in [0.15, 0.2) is 0 Å². The Balaban J connectivity index is 1.39. The maximum atomic E-state index is 10.6. The van der Waals surface area contributed by atoms with Gasteiger partial charge in [0.1, 0.15) is 5.82 Å². The number of aryl methyl sites for hydroxylation is 2. The van der Waals surface area contributed by atoms with Crippen LogP contribution >= 0.6 is 0 Å². The molecule has 4 rings (SSSR count). The first-order valence-electron chi connectivity index (χ1n) is 9.38. The largest absolute Gasteiger partial charge is 0.387 e. The number of hydrogen-bond acceptors (Lipinski definition) is 4. The van der Waals surface area contributed by atoms with Gasteiger partial charge in [0, 0.05) is 6.20 Å². The minimum Gasteiger partial charge on any atom is -0.387 e. The Morgan fingerprint density at radius 2 is 2.00 bits per heavy atom. The number of aromatic amines is 1. The summed E-state index contributed by atoms with van der Waals surface area (Å²) in [5.41, 5.74) is 5.51. The van der Waals surface area contributed by atoms with E-state index in [2.05, 4.69) is 40.8 Å². The minimum atomic E-state index is -0.463. The standard InChI is InChI=1S/C21H26N4O/c1-14-6-7-17-20(15(14)2)24-19(23-17)13-25-11-8-16(9-12-25)21(26)18-5-3-4-10-22-18/h3-7,10,16,21,26H,8-9,11-13H2,1-2H3,(H,23,24)/t21-/m1/s1. The van der Waals surface area contributed by atoms with Gasteiger partial charge in [0.25, 0.3) is 0 Å². The number of imidazole rings is 1. The van der Waals surface area contributed by atoms with Crippen LogP contribution in [-0.4, -0.2) is 38.0 Å². The molecule has 5 nitrogen and oxygen atoms in total. The maximum absolute atomic E-state index is 10.6. The maximum Gasteiger partial charge on any atom is 0.121 e. The van der Waals surface area contributed by atoms with E-state index in [0.29, 0.717) is 0 Å². The normalized spacial score (nSPS) is 17.7. The Hall–Kier alpha value is -2.24. The number of aliphatic hydroxyl groups is 1. The summed E-state index contributed by atoms with van der Waals surface area (Å²) in [7, 11) is 0. The fourth-order valence-corrected chi connectivity index (χ4v) is 3.87. The van der Waals surface area contributed by atoms with Crippen LogP contribution in [0.25, 0.3) is 11.0 Å². The lowest BCUT2D eigenvalue weighted by molar-refractivity contribution is 0.0534. The van der Waals surface area contributed by atoms with Crippen molar-refractivity contribution in [3.63, 3.8) is 0 Å². The second-order valence-electron chi connectivity index (χ2n) is 7.40. The van der Waals surface area contributed by atoms with Crippen molar-refractivity contribution >= 4 is 11.0 Å². The quantitative estimate of drug-likeness (QED) is 0.756. The summed E-state index contributed by atoms with van der Waals surface area (Å²) in [6.45, 7) is 7.04. The summed E-state index contributed by atoms with van der Waals surface area (Å²) in [5.74, 6) is 1.30. The van der Waals surface area contributed by atoms with Crippen molar-refractivity contribution in [3.8, 4) is 0 Å². The van der Waals surface area contributed by atoms with Crippen LogP contribution in [-0.2, 0) is 6.54 Å². The molecule has 1 fully saturated rings.